The highest BCUT2D eigenvalue weighted by Gasteiger charge is 2.26. The zero-order valence-electron chi connectivity index (χ0n) is 13.6. The van der Waals surface area contributed by atoms with E-state index >= 15 is 0 Å². The number of nitro benzene ring substituents is 1. The number of nitro groups is 1. The van der Waals surface area contributed by atoms with Gasteiger partial charge in [0.1, 0.15) is 11.5 Å². The second kappa shape index (κ2) is 8.64. The van der Waals surface area contributed by atoms with Gasteiger partial charge in [-0.25, -0.2) is 0 Å². The summed E-state index contributed by atoms with van der Waals surface area (Å²) in [4.78, 5) is 10.9. The van der Waals surface area contributed by atoms with Crippen LogP contribution in [0.25, 0.3) is 0 Å². The molecular formula is C18H8Cl5NO4. The van der Waals surface area contributed by atoms with Gasteiger partial charge in [-0.15, -0.1) is 0 Å². The Labute approximate surface area is 184 Å². The first-order valence-electron chi connectivity index (χ1n) is 7.49. The molecule has 3 aromatic carbocycles. The van der Waals surface area contributed by atoms with Gasteiger partial charge >= 0.3 is 5.69 Å². The van der Waals surface area contributed by atoms with E-state index in [9.17, 15) is 10.1 Å². The first kappa shape index (κ1) is 20.8. The van der Waals surface area contributed by atoms with E-state index in [-0.39, 0.29) is 43.8 Å². The van der Waals surface area contributed by atoms with Crippen LogP contribution in [0.15, 0.2) is 48.5 Å². The second-order valence-corrected chi connectivity index (χ2v) is 7.43. The summed E-state index contributed by atoms with van der Waals surface area (Å²) in [7, 11) is 0. The van der Waals surface area contributed by atoms with Crippen LogP contribution in [0.4, 0.5) is 5.69 Å². The van der Waals surface area contributed by atoms with Crippen LogP contribution < -0.4 is 9.47 Å². The Morgan fingerprint density at radius 1 is 0.679 bits per heavy atom. The molecule has 0 N–H and O–H groups in total. The maximum Gasteiger partial charge on any atom is 0.315 e. The topological polar surface area (TPSA) is 61.6 Å². The van der Waals surface area contributed by atoms with Crippen LogP contribution in [0.3, 0.4) is 0 Å². The molecule has 3 rings (SSSR count). The number of rotatable bonds is 5. The van der Waals surface area contributed by atoms with E-state index in [2.05, 4.69) is 0 Å². The summed E-state index contributed by atoms with van der Waals surface area (Å²) < 4.78 is 11.4. The third-order valence-corrected chi connectivity index (χ3v) is 4.81. The third kappa shape index (κ3) is 4.57. The Morgan fingerprint density at radius 3 is 1.64 bits per heavy atom. The summed E-state index contributed by atoms with van der Waals surface area (Å²) in [5.41, 5.74) is -0.379. The molecule has 0 saturated carbocycles. The van der Waals surface area contributed by atoms with Crippen molar-refractivity contribution in [2.24, 2.45) is 0 Å². The van der Waals surface area contributed by atoms with Crippen molar-refractivity contribution < 1.29 is 14.4 Å². The van der Waals surface area contributed by atoms with Crippen LogP contribution >= 0.6 is 58.0 Å². The molecule has 0 bridgehead atoms. The average molecular weight is 480 g/mol. The van der Waals surface area contributed by atoms with Gasteiger partial charge in [0.25, 0.3) is 0 Å². The van der Waals surface area contributed by atoms with Gasteiger partial charge in [-0.3, -0.25) is 10.1 Å². The normalized spacial score (nSPS) is 10.6. The standard InChI is InChI=1S/C18H8Cl5NO4/c19-9-1-5-15(12(22)7-9)27-17-11(21)3-4-14(24(25)26)18(17)28-16-6-2-10(20)8-13(16)23/h1-8H. The van der Waals surface area contributed by atoms with Crippen LogP contribution in [-0.2, 0) is 0 Å². The van der Waals surface area contributed by atoms with E-state index < -0.39 is 4.92 Å². The Balaban J connectivity index is 2.13. The van der Waals surface area contributed by atoms with Gasteiger partial charge in [0.05, 0.1) is 20.0 Å². The molecule has 5 nitrogen and oxygen atoms in total. The van der Waals surface area contributed by atoms with Gasteiger partial charge in [-0.1, -0.05) is 58.0 Å². The largest absolute Gasteiger partial charge is 0.450 e. The monoisotopic (exact) mass is 477 g/mol. The molecule has 0 aliphatic rings. The molecule has 0 spiro atoms. The molecule has 0 aromatic heterocycles. The fourth-order valence-electron chi connectivity index (χ4n) is 2.20. The van der Waals surface area contributed by atoms with Crippen molar-refractivity contribution in [2.45, 2.75) is 0 Å². The van der Waals surface area contributed by atoms with Crippen molar-refractivity contribution in [3.8, 4) is 23.0 Å². The maximum absolute atomic E-state index is 11.5. The Kier molecular flexibility index (Phi) is 6.43. The van der Waals surface area contributed by atoms with Crippen LogP contribution in [0.1, 0.15) is 0 Å². The minimum atomic E-state index is -0.633. The minimum absolute atomic E-state index is 0.0664. The second-order valence-electron chi connectivity index (χ2n) is 5.34. The van der Waals surface area contributed by atoms with Crippen LogP contribution in [0.2, 0.25) is 25.1 Å². The highest BCUT2D eigenvalue weighted by atomic mass is 35.5. The van der Waals surface area contributed by atoms with E-state index in [0.717, 1.165) is 0 Å². The van der Waals surface area contributed by atoms with Crippen molar-refractivity contribution in [3.05, 3.63) is 83.8 Å². The number of hydrogen-bond donors (Lipinski definition) is 0. The zero-order valence-corrected chi connectivity index (χ0v) is 17.4. The number of benzene rings is 3. The van der Waals surface area contributed by atoms with E-state index in [4.69, 9.17) is 67.5 Å². The molecule has 3 aromatic rings. The fraction of sp³-hybridized carbons (Fsp3) is 0. The number of nitrogens with zero attached hydrogens (tertiary/aromatic N) is 1. The number of ether oxygens (including phenoxy) is 2. The molecule has 10 heteroatoms. The summed E-state index contributed by atoms with van der Waals surface area (Å²) in [6.45, 7) is 0. The zero-order chi connectivity index (χ0) is 20.4. The molecule has 0 heterocycles. The summed E-state index contributed by atoms with van der Waals surface area (Å²) in [6, 6.07) is 11.4. The van der Waals surface area contributed by atoms with Crippen molar-refractivity contribution in [1.29, 1.82) is 0 Å². The summed E-state index contributed by atoms with van der Waals surface area (Å²) >= 11 is 30.2. The van der Waals surface area contributed by atoms with E-state index in [0.29, 0.717) is 10.0 Å². The first-order chi connectivity index (χ1) is 13.3. The lowest BCUT2D eigenvalue weighted by atomic mass is 10.2. The van der Waals surface area contributed by atoms with Gasteiger partial charge in [-0.05, 0) is 42.5 Å². The van der Waals surface area contributed by atoms with Crippen LogP contribution in [0, 0.1) is 10.1 Å². The van der Waals surface area contributed by atoms with Crippen LogP contribution in [-0.4, -0.2) is 4.92 Å². The van der Waals surface area contributed by atoms with Gasteiger partial charge in [0, 0.05) is 16.1 Å². The van der Waals surface area contributed by atoms with Gasteiger partial charge in [0.2, 0.25) is 5.75 Å². The maximum atomic E-state index is 11.5. The molecule has 0 aliphatic carbocycles. The van der Waals surface area contributed by atoms with Crippen molar-refractivity contribution in [3.63, 3.8) is 0 Å². The number of hydrogen-bond acceptors (Lipinski definition) is 4. The first-order valence-corrected chi connectivity index (χ1v) is 9.38. The van der Waals surface area contributed by atoms with Crippen molar-refractivity contribution >= 4 is 63.7 Å². The molecule has 28 heavy (non-hydrogen) atoms. The quantitative estimate of drug-likeness (QED) is 0.272. The van der Waals surface area contributed by atoms with Gasteiger partial charge in [-0.2, -0.15) is 0 Å². The lowest BCUT2D eigenvalue weighted by molar-refractivity contribution is -0.385. The SMILES string of the molecule is O=[N+]([O-])c1ccc(Cl)c(Oc2ccc(Cl)cc2Cl)c1Oc1ccc(Cl)cc1Cl. The molecule has 0 radical (unpaired) electrons. The van der Waals surface area contributed by atoms with Crippen LogP contribution in [0.5, 0.6) is 23.0 Å². The van der Waals surface area contributed by atoms with E-state index in [1.807, 2.05) is 0 Å². The average Bonchev–Trinajstić information content (AvgIpc) is 2.61. The third-order valence-electron chi connectivity index (χ3n) is 3.45. The molecular weight excluding hydrogens is 471 g/mol. The Morgan fingerprint density at radius 2 is 1.18 bits per heavy atom. The van der Waals surface area contributed by atoms with Gasteiger partial charge < -0.3 is 9.47 Å². The highest BCUT2D eigenvalue weighted by Crippen LogP contribution is 2.48. The lowest BCUT2D eigenvalue weighted by Gasteiger charge is -2.15. The molecule has 144 valence electrons. The minimum Gasteiger partial charge on any atom is -0.450 e. The Hall–Kier alpha value is -1.89. The van der Waals surface area contributed by atoms with Crippen molar-refractivity contribution in [1.82, 2.24) is 0 Å². The molecule has 0 aliphatic heterocycles. The van der Waals surface area contributed by atoms with E-state index in [1.54, 1.807) is 6.07 Å². The molecule has 0 unspecified atom stereocenters. The summed E-state index contributed by atoms with van der Waals surface area (Å²) in [5, 5.41) is 12.7. The van der Waals surface area contributed by atoms with Gasteiger partial charge in [0.15, 0.2) is 5.75 Å². The highest BCUT2D eigenvalue weighted by molar-refractivity contribution is 6.36. The summed E-state index contributed by atoms with van der Waals surface area (Å²) in [6.07, 6.45) is 0. The number of halogens is 5. The molecule has 0 atom stereocenters. The molecule has 0 saturated heterocycles. The lowest BCUT2D eigenvalue weighted by Crippen LogP contribution is -1.98. The Bertz CT molecular complexity index is 1070. The predicted molar refractivity (Wildman–Crippen MR) is 111 cm³/mol. The smallest absolute Gasteiger partial charge is 0.315 e. The van der Waals surface area contributed by atoms with E-state index in [1.165, 1.54) is 42.5 Å². The molecule has 0 fully saturated rings. The van der Waals surface area contributed by atoms with Crippen molar-refractivity contribution in [2.75, 3.05) is 0 Å². The fourth-order valence-corrected chi connectivity index (χ4v) is 3.28. The summed E-state index contributed by atoms with van der Waals surface area (Å²) in [5.74, 6) is -0.0390. The molecule has 0 amide bonds. The predicted octanol–water partition coefficient (Wildman–Crippen LogP) is 8.45.